The summed E-state index contributed by atoms with van der Waals surface area (Å²) in [6.45, 7) is 3.20. The highest BCUT2D eigenvalue weighted by molar-refractivity contribution is 5.87. The fourth-order valence-electron chi connectivity index (χ4n) is 5.12. The number of carbonyl (C=O) groups excluding carboxylic acids is 1. The molecule has 0 saturated carbocycles. The first-order valence-electron chi connectivity index (χ1n) is 14.3. The van der Waals surface area contributed by atoms with Crippen molar-refractivity contribution in [2.45, 2.75) is 102 Å². The van der Waals surface area contributed by atoms with Gasteiger partial charge < -0.3 is 10.4 Å². The number of nitrogens with zero attached hydrogens (tertiary/aromatic N) is 2. The van der Waals surface area contributed by atoms with E-state index in [0.29, 0.717) is 13.1 Å². The number of carbonyl (C=O) groups is 2. The van der Waals surface area contributed by atoms with E-state index >= 15 is 0 Å². The SMILES string of the molecule is CCCCCCCCCCCCCCNC(=O)C1CN(C(c2ccc(C(=O)O)cc2)C(F)(F)F)CCN1C. The standard InChI is InChI=1S/C29H46F3N3O3/c1-3-4-5-6-7-8-9-10-11-12-13-14-19-33-27(36)25-22-35(21-20-34(25)2)26(29(30,31)32)23-15-17-24(18-16-23)28(37)38/h15-18,25-26H,3-14,19-22H2,1-2H3,(H,33,36)(H,37,38). The molecule has 6 nitrogen and oxygen atoms in total. The quantitative estimate of drug-likeness (QED) is 0.223. The van der Waals surface area contributed by atoms with Gasteiger partial charge in [-0.05, 0) is 31.2 Å². The number of alkyl halides is 3. The Labute approximate surface area is 226 Å². The minimum absolute atomic E-state index is 0.0253. The smallest absolute Gasteiger partial charge is 0.408 e. The summed E-state index contributed by atoms with van der Waals surface area (Å²) in [5.74, 6) is -1.44. The molecule has 1 aromatic carbocycles. The number of hydrogen-bond acceptors (Lipinski definition) is 4. The molecule has 1 fully saturated rings. The lowest BCUT2D eigenvalue weighted by atomic mass is 10.0. The zero-order valence-electron chi connectivity index (χ0n) is 23.1. The minimum Gasteiger partial charge on any atom is -0.478 e. The topological polar surface area (TPSA) is 72.9 Å². The van der Waals surface area contributed by atoms with Gasteiger partial charge in [0.2, 0.25) is 5.91 Å². The van der Waals surface area contributed by atoms with Crippen LogP contribution in [0.3, 0.4) is 0 Å². The van der Waals surface area contributed by atoms with Crippen LogP contribution in [-0.4, -0.2) is 72.2 Å². The summed E-state index contributed by atoms with van der Waals surface area (Å²) >= 11 is 0. The molecule has 0 radical (unpaired) electrons. The van der Waals surface area contributed by atoms with Crippen molar-refractivity contribution in [1.29, 1.82) is 0 Å². The first kappa shape index (κ1) is 32.1. The molecule has 2 N–H and O–H groups in total. The molecular weight excluding hydrogens is 495 g/mol. The summed E-state index contributed by atoms with van der Waals surface area (Å²) in [6, 6.07) is 2.22. The highest BCUT2D eigenvalue weighted by Crippen LogP contribution is 2.38. The van der Waals surface area contributed by atoms with Crippen molar-refractivity contribution in [3.8, 4) is 0 Å². The van der Waals surface area contributed by atoms with Crippen molar-refractivity contribution >= 4 is 11.9 Å². The van der Waals surface area contributed by atoms with Crippen molar-refractivity contribution in [2.75, 3.05) is 33.2 Å². The predicted molar refractivity (Wildman–Crippen MR) is 144 cm³/mol. The van der Waals surface area contributed by atoms with Crippen LogP contribution in [0.25, 0.3) is 0 Å². The van der Waals surface area contributed by atoms with Crippen LogP contribution in [0.4, 0.5) is 13.2 Å². The van der Waals surface area contributed by atoms with Crippen LogP contribution in [-0.2, 0) is 4.79 Å². The third-order valence-corrected chi connectivity index (χ3v) is 7.46. The number of piperazine rings is 1. The second-order valence-electron chi connectivity index (χ2n) is 10.5. The van der Waals surface area contributed by atoms with Crippen molar-refractivity contribution in [2.24, 2.45) is 0 Å². The maximum Gasteiger partial charge on any atom is 0.408 e. The summed E-state index contributed by atoms with van der Waals surface area (Å²) < 4.78 is 42.3. The van der Waals surface area contributed by atoms with Crippen LogP contribution < -0.4 is 5.32 Å². The van der Waals surface area contributed by atoms with Gasteiger partial charge in [-0.2, -0.15) is 13.2 Å². The third kappa shape index (κ3) is 10.9. The Balaban J connectivity index is 1.75. The molecule has 0 aromatic heterocycles. The summed E-state index contributed by atoms with van der Waals surface area (Å²) in [7, 11) is 1.76. The highest BCUT2D eigenvalue weighted by atomic mass is 19.4. The molecule has 0 aliphatic carbocycles. The number of aromatic carboxylic acids is 1. The Hall–Kier alpha value is -2.13. The van der Waals surface area contributed by atoms with Crippen LogP contribution in [0.5, 0.6) is 0 Å². The van der Waals surface area contributed by atoms with Gasteiger partial charge in [0, 0.05) is 26.2 Å². The number of halogens is 3. The number of hydrogen-bond donors (Lipinski definition) is 2. The number of amides is 1. The van der Waals surface area contributed by atoms with Crippen molar-refractivity contribution in [3.63, 3.8) is 0 Å². The largest absolute Gasteiger partial charge is 0.478 e. The zero-order valence-corrected chi connectivity index (χ0v) is 23.1. The lowest BCUT2D eigenvalue weighted by molar-refractivity contribution is -0.193. The molecule has 1 aliphatic rings. The number of carboxylic acid groups (broad SMARTS) is 1. The zero-order chi connectivity index (χ0) is 28.0. The van der Waals surface area contributed by atoms with E-state index in [-0.39, 0.29) is 30.1 Å². The summed E-state index contributed by atoms with van der Waals surface area (Å²) in [5, 5.41) is 12.0. The molecule has 9 heteroatoms. The summed E-state index contributed by atoms with van der Waals surface area (Å²) in [6.07, 6.45) is 10.2. The Morgan fingerprint density at radius 1 is 0.921 bits per heavy atom. The van der Waals surface area contributed by atoms with Gasteiger partial charge in [0.05, 0.1) is 5.56 Å². The molecule has 2 unspecified atom stereocenters. The van der Waals surface area contributed by atoms with E-state index in [0.717, 1.165) is 19.3 Å². The van der Waals surface area contributed by atoms with Crippen molar-refractivity contribution in [3.05, 3.63) is 35.4 Å². The lowest BCUT2D eigenvalue weighted by Gasteiger charge is -2.42. The van der Waals surface area contributed by atoms with Crippen LogP contribution in [0.15, 0.2) is 24.3 Å². The molecule has 216 valence electrons. The lowest BCUT2D eigenvalue weighted by Crippen LogP contribution is -2.59. The van der Waals surface area contributed by atoms with Gasteiger partial charge in [-0.15, -0.1) is 0 Å². The molecule has 1 aliphatic heterocycles. The van der Waals surface area contributed by atoms with Gasteiger partial charge in [0.1, 0.15) is 12.1 Å². The Morgan fingerprint density at radius 3 is 1.95 bits per heavy atom. The molecule has 2 atom stereocenters. The maximum atomic E-state index is 14.1. The molecule has 1 saturated heterocycles. The molecule has 0 bridgehead atoms. The van der Waals surface area contributed by atoms with Gasteiger partial charge in [-0.25, -0.2) is 4.79 Å². The van der Waals surface area contributed by atoms with Gasteiger partial charge in [-0.1, -0.05) is 89.7 Å². The van der Waals surface area contributed by atoms with Crippen LogP contribution in [0, 0.1) is 0 Å². The van der Waals surface area contributed by atoms with Crippen LogP contribution in [0.1, 0.15) is 106 Å². The number of benzene rings is 1. The number of unbranched alkanes of at least 4 members (excludes halogenated alkanes) is 11. The first-order valence-corrected chi connectivity index (χ1v) is 14.3. The van der Waals surface area contributed by atoms with E-state index < -0.39 is 24.2 Å². The number of rotatable bonds is 17. The van der Waals surface area contributed by atoms with E-state index in [1.54, 1.807) is 11.9 Å². The average molecular weight is 542 g/mol. The summed E-state index contributed by atoms with van der Waals surface area (Å²) in [5.41, 5.74) is -0.0918. The third-order valence-electron chi connectivity index (χ3n) is 7.46. The second-order valence-corrected chi connectivity index (χ2v) is 10.5. The van der Waals surface area contributed by atoms with E-state index in [4.69, 9.17) is 5.11 Å². The Kier molecular flexibility index (Phi) is 14.1. The predicted octanol–water partition coefficient (Wildman–Crippen LogP) is 6.42. The fourth-order valence-corrected chi connectivity index (χ4v) is 5.12. The van der Waals surface area contributed by atoms with Crippen LogP contribution >= 0.6 is 0 Å². The monoisotopic (exact) mass is 541 g/mol. The van der Waals surface area contributed by atoms with E-state index in [2.05, 4.69) is 12.2 Å². The van der Waals surface area contributed by atoms with Crippen molar-refractivity contribution < 1.29 is 27.9 Å². The normalized spacial score (nSPS) is 17.9. The van der Waals surface area contributed by atoms with Gasteiger partial charge in [0.25, 0.3) is 0 Å². The molecule has 2 rings (SSSR count). The Bertz CT molecular complexity index is 833. The second kappa shape index (κ2) is 16.7. The van der Waals surface area contributed by atoms with Crippen molar-refractivity contribution in [1.82, 2.24) is 15.1 Å². The first-order chi connectivity index (χ1) is 18.1. The number of nitrogens with one attached hydrogen (secondary N) is 1. The fraction of sp³-hybridized carbons (Fsp3) is 0.724. The maximum absolute atomic E-state index is 14.1. The molecule has 1 heterocycles. The van der Waals surface area contributed by atoms with Gasteiger partial charge in [0.15, 0.2) is 0 Å². The van der Waals surface area contributed by atoms with E-state index in [1.165, 1.54) is 87.0 Å². The summed E-state index contributed by atoms with van der Waals surface area (Å²) in [4.78, 5) is 27.0. The number of carboxylic acids is 1. The van der Waals surface area contributed by atoms with Crippen LogP contribution in [0.2, 0.25) is 0 Å². The van der Waals surface area contributed by atoms with E-state index in [1.807, 2.05) is 0 Å². The molecule has 38 heavy (non-hydrogen) atoms. The molecular formula is C29H46F3N3O3. The average Bonchev–Trinajstić information content (AvgIpc) is 2.87. The van der Waals surface area contributed by atoms with Gasteiger partial charge >= 0.3 is 12.1 Å². The molecule has 1 amide bonds. The van der Waals surface area contributed by atoms with Gasteiger partial charge in [-0.3, -0.25) is 14.6 Å². The molecule has 1 aromatic rings. The molecule has 0 spiro atoms. The Morgan fingerprint density at radius 2 is 1.45 bits per heavy atom. The van der Waals surface area contributed by atoms with E-state index in [9.17, 15) is 22.8 Å². The minimum atomic E-state index is -4.56. The highest BCUT2D eigenvalue weighted by Gasteiger charge is 2.47. The number of likely N-dealkylation sites (N-methyl/N-ethyl adjacent to an activating group) is 1.